The third-order valence-electron chi connectivity index (χ3n) is 3.46. The van der Waals surface area contributed by atoms with Crippen LogP contribution in [0.3, 0.4) is 0 Å². The summed E-state index contributed by atoms with van der Waals surface area (Å²) in [5.41, 5.74) is 1.48. The summed E-state index contributed by atoms with van der Waals surface area (Å²) in [5, 5.41) is 16.1. The highest BCUT2D eigenvalue weighted by Crippen LogP contribution is 2.34. The first kappa shape index (κ1) is 16.8. The number of hydrogen-bond donors (Lipinski definition) is 1. The van der Waals surface area contributed by atoms with E-state index < -0.39 is 0 Å². The first-order valence-electron chi connectivity index (χ1n) is 7.29. The lowest BCUT2D eigenvalue weighted by molar-refractivity contribution is -0.115. The summed E-state index contributed by atoms with van der Waals surface area (Å²) in [7, 11) is 4.87. The van der Waals surface area contributed by atoms with E-state index in [0.29, 0.717) is 28.1 Å². The SMILES string of the molecule is COc1ccc(OC)c(-c2csc(NC(=O)Cc3nnnn3C)n2)c1. The molecule has 130 valence electrons. The molecule has 0 aliphatic rings. The van der Waals surface area contributed by atoms with E-state index in [4.69, 9.17) is 9.47 Å². The first-order chi connectivity index (χ1) is 12.1. The van der Waals surface area contributed by atoms with Crippen molar-refractivity contribution in [3.8, 4) is 22.8 Å². The van der Waals surface area contributed by atoms with Gasteiger partial charge in [-0.3, -0.25) is 4.79 Å². The maximum Gasteiger partial charge on any atom is 0.233 e. The molecule has 3 rings (SSSR count). The molecule has 1 aromatic carbocycles. The average Bonchev–Trinajstić information content (AvgIpc) is 3.23. The number of ether oxygens (including phenoxy) is 2. The number of thiazole rings is 1. The van der Waals surface area contributed by atoms with Crippen LogP contribution in [0.15, 0.2) is 23.6 Å². The van der Waals surface area contributed by atoms with Crippen molar-refractivity contribution in [2.75, 3.05) is 19.5 Å². The molecular formula is C15H16N6O3S. The molecule has 1 N–H and O–H groups in total. The zero-order chi connectivity index (χ0) is 17.8. The van der Waals surface area contributed by atoms with Crippen LogP contribution in [-0.2, 0) is 18.3 Å². The third-order valence-corrected chi connectivity index (χ3v) is 4.22. The van der Waals surface area contributed by atoms with Crippen LogP contribution >= 0.6 is 11.3 Å². The lowest BCUT2D eigenvalue weighted by Gasteiger charge is -2.08. The number of nitrogens with one attached hydrogen (secondary N) is 1. The maximum atomic E-state index is 12.1. The van der Waals surface area contributed by atoms with Gasteiger partial charge in [0.2, 0.25) is 5.91 Å². The van der Waals surface area contributed by atoms with E-state index in [9.17, 15) is 4.79 Å². The smallest absolute Gasteiger partial charge is 0.233 e. The number of aryl methyl sites for hydroxylation is 1. The van der Waals surface area contributed by atoms with Crippen molar-refractivity contribution in [2.24, 2.45) is 7.05 Å². The molecule has 2 heterocycles. The molecule has 2 aromatic heterocycles. The van der Waals surface area contributed by atoms with Crippen LogP contribution in [0, 0.1) is 0 Å². The quantitative estimate of drug-likeness (QED) is 0.711. The van der Waals surface area contributed by atoms with Gasteiger partial charge in [0, 0.05) is 18.0 Å². The molecule has 10 heteroatoms. The zero-order valence-corrected chi connectivity index (χ0v) is 14.7. The number of amides is 1. The topological polar surface area (TPSA) is 104 Å². The van der Waals surface area contributed by atoms with Crippen LogP contribution in [0.1, 0.15) is 5.82 Å². The monoisotopic (exact) mass is 360 g/mol. The zero-order valence-electron chi connectivity index (χ0n) is 13.9. The Morgan fingerprint density at radius 2 is 2.16 bits per heavy atom. The van der Waals surface area contributed by atoms with Gasteiger partial charge in [-0.2, -0.15) is 0 Å². The van der Waals surface area contributed by atoms with Gasteiger partial charge in [0.05, 0.1) is 26.3 Å². The molecule has 25 heavy (non-hydrogen) atoms. The van der Waals surface area contributed by atoms with Crippen LogP contribution < -0.4 is 14.8 Å². The number of aromatic nitrogens is 5. The largest absolute Gasteiger partial charge is 0.497 e. The van der Waals surface area contributed by atoms with E-state index in [1.54, 1.807) is 21.3 Å². The number of hydrogen-bond acceptors (Lipinski definition) is 8. The number of tetrazole rings is 1. The Balaban J connectivity index is 1.76. The van der Waals surface area contributed by atoms with Crippen molar-refractivity contribution < 1.29 is 14.3 Å². The van der Waals surface area contributed by atoms with Gasteiger partial charge in [0.15, 0.2) is 11.0 Å². The fourth-order valence-corrected chi connectivity index (χ4v) is 2.90. The Morgan fingerprint density at radius 1 is 1.32 bits per heavy atom. The van der Waals surface area contributed by atoms with Gasteiger partial charge < -0.3 is 14.8 Å². The van der Waals surface area contributed by atoms with Gasteiger partial charge in [-0.15, -0.1) is 16.4 Å². The summed E-state index contributed by atoms with van der Waals surface area (Å²) in [6.45, 7) is 0. The predicted molar refractivity (Wildman–Crippen MR) is 91.8 cm³/mol. The molecule has 0 aliphatic heterocycles. The molecule has 0 fully saturated rings. The van der Waals surface area contributed by atoms with E-state index in [1.807, 2.05) is 23.6 Å². The number of carbonyl (C=O) groups is 1. The van der Waals surface area contributed by atoms with Crippen LogP contribution in [0.5, 0.6) is 11.5 Å². The van der Waals surface area contributed by atoms with E-state index in [2.05, 4.69) is 25.8 Å². The molecular weight excluding hydrogens is 344 g/mol. The Morgan fingerprint density at radius 3 is 2.84 bits per heavy atom. The molecule has 0 unspecified atom stereocenters. The Labute approximate surface area is 147 Å². The van der Waals surface area contributed by atoms with E-state index in [1.165, 1.54) is 16.0 Å². The number of methoxy groups -OCH3 is 2. The van der Waals surface area contributed by atoms with Gasteiger partial charge in [-0.25, -0.2) is 9.67 Å². The molecule has 0 aliphatic carbocycles. The summed E-state index contributed by atoms with van der Waals surface area (Å²) < 4.78 is 12.1. The van der Waals surface area contributed by atoms with Crippen molar-refractivity contribution in [3.05, 3.63) is 29.4 Å². The van der Waals surface area contributed by atoms with Gasteiger partial charge >= 0.3 is 0 Å². The predicted octanol–water partition coefficient (Wildman–Crippen LogP) is 1.53. The highest BCUT2D eigenvalue weighted by molar-refractivity contribution is 7.14. The van der Waals surface area contributed by atoms with Crippen molar-refractivity contribution >= 4 is 22.4 Å². The highest BCUT2D eigenvalue weighted by atomic mass is 32.1. The van der Waals surface area contributed by atoms with E-state index in [0.717, 1.165) is 5.56 Å². The Bertz CT molecular complexity index is 891. The second-order valence-electron chi connectivity index (χ2n) is 5.05. The summed E-state index contributed by atoms with van der Waals surface area (Å²) in [6.07, 6.45) is 0.0703. The summed E-state index contributed by atoms with van der Waals surface area (Å²) in [5.74, 6) is 1.61. The minimum atomic E-state index is -0.239. The third kappa shape index (κ3) is 3.74. The van der Waals surface area contributed by atoms with Crippen molar-refractivity contribution in [1.29, 1.82) is 0 Å². The lowest BCUT2D eigenvalue weighted by atomic mass is 10.1. The normalized spacial score (nSPS) is 10.5. The highest BCUT2D eigenvalue weighted by Gasteiger charge is 2.14. The van der Waals surface area contributed by atoms with Crippen LogP contribution in [0.2, 0.25) is 0 Å². The average molecular weight is 360 g/mol. The maximum absolute atomic E-state index is 12.1. The van der Waals surface area contributed by atoms with Gasteiger partial charge in [0.25, 0.3) is 0 Å². The first-order valence-corrected chi connectivity index (χ1v) is 8.17. The molecule has 9 nitrogen and oxygen atoms in total. The molecule has 0 bridgehead atoms. The number of rotatable bonds is 6. The van der Waals surface area contributed by atoms with Crippen LogP contribution in [0.25, 0.3) is 11.3 Å². The van der Waals surface area contributed by atoms with E-state index >= 15 is 0 Å². The van der Waals surface area contributed by atoms with Crippen LogP contribution in [-0.4, -0.2) is 45.3 Å². The fourth-order valence-electron chi connectivity index (χ4n) is 2.17. The number of nitrogens with zero attached hydrogens (tertiary/aromatic N) is 5. The second-order valence-corrected chi connectivity index (χ2v) is 5.91. The minimum Gasteiger partial charge on any atom is -0.497 e. The number of anilines is 1. The lowest BCUT2D eigenvalue weighted by Crippen LogP contribution is -2.17. The Kier molecular flexibility index (Phi) is 4.89. The van der Waals surface area contributed by atoms with Crippen molar-refractivity contribution in [2.45, 2.75) is 6.42 Å². The molecule has 1 amide bonds. The number of carbonyl (C=O) groups excluding carboxylic acids is 1. The fraction of sp³-hybridized carbons (Fsp3) is 0.267. The van der Waals surface area contributed by atoms with Gasteiger partial charge in [-0.1, -0.05) is 0 Å². The molecule has 0 saturated carbocycles. The summed E-state index contributed by atoms with van der Waals surface area (Å²) >= 11 is 1.32. The van der Waals surface area contributed by atoms with E-state index in [-0.39, 0.29) is 12.3 Å². The molecule has 3 aromatic rings. The summed E-state index contributed by atoms with van der Waals surface area (Å²) in [6, 6.07) is 5.46. The molecule has 0 saturated heterocycles. The second kappa shape index (κ2) is 7.26. The van der Waals surface area contributed by atoms with Gasteiger partial charge in [-0.05, 0) is 28.6 Å². The van der Waals surface area contributed by atoms with Gasteiger partial charge in [0.1, 0.15) is 11.5 Å². The standard InChI is InChI=1S/C15H16N6O3S/c1-21-13(18-19-20-21)7-14(22)17-15-16-11(8-25-15)10-6-9(23-2)4-5-12(10)24-3/h4-6,8H,7H2,1-3H3,(H,16,17,22). The van der Waals surface area contributed by atoms with Crippen molar-refractivity contribution in [3.63, 3.8) is 0 Å². The molecule has 0 spiro atoms. The Hall–Kier alpha value is -3.01. The summed E-state index contributed by atoms with van der Waals surface area (Å²) in [4.78, 5) is 16.6. The molecule has 0 atom stereocenters. The number of benzene rings is 1. The van der Waals surface area contributed by atoms with Crippen LogP contribution in [0.4, 0.5) is 5.13 Å². The molecule has 0 radical (unpaired) electrons. The minimum absolute atomic E-state index is 0.0703. The van der Waals surface area contributed by atoms with Crippen molar-refractivity contribution in [1.82, 2.24) is 25.2 Å².